The molecule has 0 bridgehead atoms. The maximum absolute atomic E-state index is 11.0. The number of hydrogen-bond donors (Lipinski definition) is 1. The van der Waals surface area contributed by atoms with E-state index in [9.17, 15) is 5.11 Å². The van der Waals surface area contributed by atoms with Gasteiger partial charge in [-0.15, -0.1) is 0 Å². The Balaban J connectivity index is 1.57. The largest absolute Gasteiger partial charge is 0.490 e. The molecule has 5 heteroatoms. The summed E-state index contributed by atoms with van der Waals surface area (Å²) in [4.78, 5) is 4.91. The number of nitrogens with zero attached hydrogens (tertiary/aromatic N) is 2. The second-order valence-electron chi connectivity index (χ2n) is 7.01. The second kappa shape index (κ2) is 8.30. The fourth-order valence-corrected chi connectivity index (χ4v) is 3.68. The van der Waals surface area contributed by atoms with Gasteiger partial charge in [-0.3, -0.25) is 4.90 Å². The first-order chi connectivity index (χ1) is 11.7. The van der Waals surface area contributed by atoms with Crippen molar-refractivity contribution in [2.24, 2.45) is 0 Å². The van der Waals surface area contributed by atoms with E-state index in [0.29, 0.717) is 25.8 Å². The zero-order valence-electron chi connectivity index (χ0n) is 14.7. The fraction of sp³-hybridized carbons (Fsp3) is 0.684. The van der Waals surface area contributed by atoms with Crippen LogP contribution >= 0.6 is 0 Å². The van der Waals surface area contributed by atoms with Crippen LogP contribution in [0.4, 0.5) is 0 Å². The highest BCUT2D eigenvalue weighted by Crippen LogP contribution is 2.22. The Morgan fingerprint density at radius 1 is 1.21 bits per heavy atom. The first kappa shape index (κ1) is 17.7. The van der Waals surface area contributed by atoms with Gasteiger partial charge in [-0.1, -0.05) is 25.1 Å². The van der Waals surface area contributed by atoms with Crippen molar-refractivity contribution in [1.82, 2.24) is 9.80 Å². The van der Waals surface area contributed by atoms with E-state index in [1.807, 2.05) is 30.3 Å². The Kier molecular flexibility index (Phi) is 6.11. The van der Waals surface area contributed by atoms with Crippen LogP contribution in [0.2, 0.25) is 0 Å². The SMILES string of the molecule is CCN1CCC(N2CCOCC(O)(COc3ccccc3)C2)CC1. The molecule has 1 aromatic rings. The number of rotatable bonds is 5. The predicted octanol–water partition coefficient (Wildman–Crippen LogP) is 1.61. The van der Waals surface area contributed by atoms with Crippen molar-refractivity contribution in [1.29, 1.82) is 0 Å². The van der Waals surface area contributed by atoms with Crippen molar-refractivity contribution >= 4 is 0 Å². The molecule has 3 rings (SSSR count). The van der Waals surface area contributed by atoms with Gasteiger partial charge in [0, 0.05) is 19.1 Å². The van der Waals surface area contributed by atoms with Gasteiger partial charge in [-0.05, 0) is 44.6 Å². The molecule has 0 spiro atoms. The van der Waals surface area contributed by atoms with E-state index in [1.165, 1.54) is 12.8 Å². The summed E-state index contributed by atoms with van der Waals surface area (Å²) < 4.78 is 11.5. The summed E-state index contributed by atoms with van der Waals surface area (Å²) in [6, 6.07) is 10.2. The van der Waals surface area contributed by atoms with Crippen molar-refractivity contribution < 1.29 is 14.6 Å². The highest BCUT2D eigenvalue weighted by Gasteiger charge is 2.36. The summed E-state index contributed by atoms with van der Waals surface area (Å²) in [5.41, 5.74) is -0.950. The van der Waals surface area contributed by atoms with Crippen LogP contribution in [0, 0.1) is 0 Å². The van der Waals surface area contributed by atoms with Gasteiger partial charge >= 0.3 is 0 Å². The number of likely N-dealkylation sites (tertiary alicyclic amines) is 1. The molecular formula is C19H30N2O3. The summed E-state index contributed by atoms with van der Waals surface area (Å²) >= 11 is 0. The van der Waals surface area contributed by atoms with Crippen LogP contribution in [0.1, 0.15) is 19.8 Å². The minimum Gasteiger partial charge on any atom is -0.490 e. The van der Waals surface area contributed by atoms with E-state index in [0.717, 1.165) is 31.9 Å². The van der Waals surface area contributed by atoms with Crippen LogP contribution in [0.3, 0.4) is 0 Å². The smallest absolute Gasteiger partial charge is 0.134 e. The lowest BCUT2D eigenvalue weighted by Crippen LogP contribution is -2.53. The molecule has 2 aliphatic heterocycles. The van der Waals surface area contributed by atoms with Crippen LogP contribution < -0.4 is 4.74 Å². The molecule has 24 heavy (non-hydrogen) atoms. The van der Waals surface area contributed by atoms with Crippen LogP contribution in [-0.2, 0) is 4.74 Å². The molecule has 2 fully saturated rings. The number of benzene rings is 1. The first-order valence-electron chi connectivity index (χ1n) is 9.13. The molecule has 0 saturated carbocycles. The van der Waals surface area contributed by atoms with Crippen LogP contribution in [0.5, 0.6) is 5.75 Å². The molecular weight excluding hydrogens is 304 g/mol. The van der Waals surface area contributed by atoms with Crippen LogP contribution in [-0.4, -0.2) is 79.1 Å². The Morgan fingerprint density at radius 3 is 2.67 bits per heavy atom. The Hall–Kier alpha value is -1.14. The van der Waals surface area contributed by atoms with Gasteiger partial charge in [0.15, 0.2) is 0 Å². The van der Waals surface area contributed by atoms with Gasteiger partial charge in [-0.2, -0.15) is 0 Å². The van der Waals surface area contributed by atoms with Crippen LogP contribution in [0.25, 0.3) is 0 Å². The van der Waals surface area contributed by atoms with Crippen molar-refractivity contribution in [3.05, 3.63) is 30.3 Å². The molecule has 0 aliphatic carbocycles. The average Bonchev–Trinajstić information content (AvgIpc) is 2.83. The highest BCUT2D eigenvalue weighted by atomic mass is 16.5. The fourth-order valence-electron chi connectivity index (χ4n) is 3.68. The number of hydrogen-bond acceptors (Lipinski definition) is 5. The van der Waals surface area contributed by atoms with Gasteiger partial charge in [0.05, 0.1) is 13.2 Å². The van der Waals surface area contributed by atoms with Gasteiger partial charge in [0.25, 0.3) is 0 Å². The van der Waals surface area contributed by atoms with Gasteiger partial charge < -0.3 is 19.5 Å². The number of para-hydroxylation sites is 1. The quantitative estimate of drug-likeness (QED) is 0.886. The van der Waals surface area contributed by atoms with Crippen molar-refractivity contribution in [3.63, 3.8) is 0 Å². The monoisotopic (exact) mass is 334 g/mol. The highest BCUT2D eigenvalue weighted by molar-refractivity contribution is 5.21. The third-order valence-electron chi connectivity index (χ3n) is 5.16. The normalized spacial score (nSPS) is 27.8. The second-order valence-corrected chi connectivity index (χ2v) is 7.01. The Morgan fingerprint density at radius 2 is 1.96 bits per heavy atom. The lowest BCUT2D eigenvalue weighted by atomic mass is 9.99. The molecule has 0 radical (unpaired) electrons. The molecule has 5 nitrogen and oxygen atoms in total. The van der Waals surface area contributed by atoms with E-state index in [2.05, 4.69) is 16.7 Å². The Bertz CT molecular complexity index is 491. The van der Waals surface area contributed by atoms with E-state index >= 15 is 0 Å². The van der Waals surface area contributed by atoms with Crippen molar-refractivity contribution in [3.8, 4) is 5.75 Å². The molecule has 1 aromatic carbocycles. The molecule has 0 amide bonds. The standard InChI is InChI=1S/C19H30N2O3/c1-2-20-10-8-17(9-11-20)21-12-13-23-15-19(22,14-21)16-24-18-6-4-3-5-7-18/h3-7,17,22H,2,8-16H2,1H3. The van der Waals surface area contributed by atoms with Crippen LogP contribution in [0.15, 0.2) is 30.3 Å². The van der Waals surface area contributed by atoms with Gasteiger partial charge in [0.1, 0.15) is 18.0 Å². The Labute approximate surface area is 145 Å². The zero-order valence-corrected chi connectivity index (χ0v) is 14.7. The average molecular weight is 334 g/mol. The van der Waals surface area contributed by atoms with Gasteiger partial charge in [0.2, 0.25) is 0 Å². The summed E-state index contributed by atoms with van der Waals surface area (Å²) in [6.07, 6.45) is 2.34. The summed E-state index contributed by atoms with van der Waals surface area (Å²) in [7, 11) is 0. The van der Waals surface area contributed by atoms with E-state index in [-0.39, 0.29) is 6.61 Å². The number of aliphatic hydroxyl groups is 1. The van der Waals surface area contributed by atoms with E-state index in [4.69, 9.17) is 9.47 Å². The third-order valence-corrected chi connectivity index (χ3v) is 5.16. The minimum absolute atomic E-state index is 0.265. The number of piperidine rings is 1. The van der Waals surface area contributed by atoms with Crippen molar-refractivity contribution in [2.75, 3.05) is 52.5 Å². The predicted molar refractivity (Wildman–Crippen MR) is 94.4 cm³/mol. The molecule has 134 valence electrons. The van der Waals surface area contributed by atoms with Gasteiger partial charge in [-0.25, -0.2) is 0 Å². The molecule has 1 N–H and O–H groups in total. The first-order valence-corrected chi connectivity index (χ1v) is 9.13. The topological polar surface area (TPSA) is 45.2 Å². The molecule has 1 unspecified atom stereocenters. The summed E-state index contributed by atoms with van der Waals surface area (Å²) in [5, 5.41) is 11.0. The number of ether oxygens (including phenoxy) is 2. The van der Waals surface area contributed by atoms with Crippen molar-refractivity contribution in [2.45, 2.75) is 31.4 Å². The molecule has 2 aliphatic rings. The van der Waals surface area contributed by atoms with E-state index < -0.39 is 5.60 Å². The molecule has 2 heterocycles. The third kappa shape index (κ3) is 4.70. The minimum atomic E-state index is -0.950. The summed E-state index contributed by atoms with van der Waals surface area (Å²) in [5.74, 6) is 0.790. The van der Waals surface area contributed by atoms with E-state index in [1.54, 1.807) is 0 Å². The lowest BCUT2D eigenvalue weighted by molar-refractivity contribution is -0.0689. The number of β-amino-alcohol motifs (C(OH)–C–C–N with tert-alkyl or cyclic N) is 1. The maximum atomic E-state index is 11.0. The lowest BCUT2D eigenvalue weighted by Gasteiger charge is -2.40. The maximum Gasteiger partial charge on any atom is 0.134 e. The molecule has 1 atom stereocenters. The molecule has 0 aromatic heterocycles. The zero-order chi connectivity index (χ0) is 16.8. The molecule has 2 saturated heterocycles. The summed E-state index contributed by atoms with van der Waals surface area (Å²) in [6.45, 7) is 8.45.